The van der Waals surface area contributed by atoms with Crippen molar-refractivity contribution in [2.75, 3.05) is 7.11 Å². The van der Waals surface area contributed by atoms with Gasteiger partial charge in [0.15, 0.2) is 11.5 Å². The average Bonchev–Trinajstić information content (AvgIpc) is 3.01. The van der Waals surface area contributed by atoms with Gasteiger partial charge in [0.25, 0.3) is 0 Å². The number of hydrogen-bond donors (Lipinski definition) is 0. The molecular weight excluding hydrogens is 267 g/mol. The second-order valence-electron chi connectivity index (χ2n) is 5.37. The van der Waals surface area contributed by atoms with Crippen molar-refractivity contribution in [2.45, 2.75) is 31.8 Å². The summed E-state index contributed by atoms with van der Waals surface area (Å²) in [4.78, 5) is 0. The molecule has 0 spiro atoms. The molecule has 0 aromatic heterocycles. The Kier molecular flexibility index (Phi) is 4.09. The van der Waals surface area contributed by atoms with Gasteiger partial charge in [-0.3, -0.25) is 0 Å². The van der Waals surface area contributed by atoms with Crippen molar-refractivity contribution >= 4 is 0 Å². The van der Waals surface area contributed by atoms with E-state index in [-0.39, 0.29) is 11.9 Å². The zero-order chi connectivity index (χ0) is 14.7. The highest BCUT2D eigenvalue weighted by Crippen LogP contribution is 2.36. The van der Waals surface area contributed by atoms with Crippen LogP contribution < -0.4 is 9.47 Å². The Balaban J connectivity index is 1.94. The largest absolute Gasteiger partial charge is 0.493 e. The standard InChI is InChI=1S/C18H19FO2/c1-20-17-11-10-13(15-8-4-5-9-16(15)19)12-18(17)21-14-6-2-3-7-14/h4-5,8-12,14H,2-3,6-7H2,1H3. The SMILES string of the molecule is COc1ccc(-c2ccccc2F)cc1OC1CCCC1. The molecule has 2 aromatic rings. The monoisotopic (exact) mass is 286 g/mol. The maximum absolute atomic E-state index is 13.9. The Labute approximate surface area is 124 Å². The minimum atomic E-state index is -0.227. The number of benzene rings is 2. The second-order valence-corrected chi connectivity index (χ2v) is 5.37. The molecule has 2 aromatic carbocycles. The van der Waals surface area contributed by atoms with Crippen LogP contribution in [0.4, 0.5) is 4.39 Å². The number of halogens is 1. The van der Waals surface area contributed by atoms with E-state index in [1.54, 1.807) is 19.2 Å². The zero-order valence-electron chi connectivity index (χ0n) is 12.1. The van der Waals surface area contributed by atoms with Crippen LogP contribution in [0.3, 0.4) is 0 Å². The molecule has 110 valence electrons. The fourth-order valence-corrected chi connectivity index (χ4v) is 2.82. The van der Waals surface area contributed by atoms with Gasteiger partial charge in [-0.05, 0) is 49.4 Å². The van der Waals surface area contributed by atoms with Crippen molar-refractivity contribution < 1.29 is 13.9 Å². The van der Waals surface area contributed by atoms with Crippen molar-refractivity contribution in [2.24, 2.45) is 0 Å². The third-order valence-electron chi connectivity index (χ3n) is 3.94. The molecular formula is C18H19FO2. The summed E-state index contributed by atoms with van der Waals surface area (Å²) in [6.07, 6.45) is 4.81. The smallest absolute Gasteiger partial charge is 0.162 e. The lowest BCUT2D eigenvalue weighted by molar-refractivity contribution is 0.201. The van der Waals surface area contributed by atoms with E-state index < -0.39 is 0 Å². The van der Waals surface area contributed by atoms with E-state index in [2.05, 4.69) is 0 Å². The van der Waals surface area contributed by atoms with Crippen LogP contribution in [0.15, 0.2) is 42.5 Å². The van der Waals surface area contributed by atoms with E-state index in [9.17, 15) is 4.39 Å². The molecule has 0 bridgehead atoms. The lowest BCUT2D eigenvalue weighted by Crippen LogP contribution is -2.11. The van der Waals surface area contributed by atoms with Crippen LogP contribution in [0.5, 0.6) is 11.5 Å². The number of ether oxygens (including phenoxy) is 2. The van der Waals surface area contributed by atoms with Gasteiger partial charge in [-0.25, -0.2) is 4.39 Å². The Bertz CT molecular complexity index is 618. The van der Waals surface area contributed by atoms with E-state index in [4.69, 9.17) is 9.47 Å². The molecule has 0 atom stereocenters. The summed E-state index contributed by atoms with van der Waals surface area (Å²) in [6, 6.07) is 12.3. The predicted octanol–water partition coefficient (Wildman–Crippen LogP) is 4.82. The highest BCUT2D eigenvalue weighted by Gasteiger charge is 2.19. The van der Waals surface area contributed by atoms with Crippen LogP contribution in [0, 0.1) is 5.82 Å². The highest BCUT2D eigenvalue weighted by atomic mass is 19.1. The first kappa shape index (κ1) is 13.9. The number of rotatable bonds is 4. The van der Waals surface area contributed by atoms with E-state index in [1.165, 1.54) is 18.9 Å². The molecule has 0 unspecified atom stereocenters. The molecule has 3 rings (SSSR count). The fourth-order valence-electron chi connectivity index (χ4n) is 2.82. The summed E-state index contributed by atoms with van der Waals surface area (Å²) in [7, 11) is 1.62. The van der Waals surface area contributed by atoms with Gasteiger partial charge in [0.1, 0.15) is 5.82 Å². The van der Waals surface area contributed by atoms with Crippen LogP contribution in [-0.4, -0.2) is 13.2 Å². The van der Waals surface area contributed by atoms with Crippen LogP contribution in [-0.2, 0) is 0 Å². The summed E-state index contributed by atoms with van der Waals surface area (Å²) in [5.41, 5.74) is 1.39. The third kappa shape index (κ3) is 3.02. The summed E-state index contributed by atoms with van der Waals surface area (Å²) in [6.45, 7) is 0. The van der Waals surface area contributed by atoms with Gasteiger partial charge in [-0.15, -0.1) is 0 Å². The summed E-state index contributed by atoms with van der Waals surface area (Å²) < 4.78 is 25.3. The first-order valence-corrected chi connectivity index (χ1v) is 7.37. The van der Waals surface area contributed by atoms with Gasteiger partial charge in [0, 0.05) is 5.56 Å². The Morgan fingerprint density at radius 1 is 1.00 bits per heavy atom. The second kappa shape index (κ2) is 6.17. The molecule has 0 N–H and O–H groups in total. The van der Waals surface area contributed by atoms with Crippen LogP contribution in [0.1, 0.15) is 25.7 Å². The van der Waals surface area contributed by atoms with Crippen LogP contribution in [0.2, 0.25) is 0 Å². The van der Waals surface area contributed by atoms with Gasteiger partial charge in [0.05, 0.1) is 13.2 Å². The van der Waals surface area contributed by atoms with Gasteiger partial charge in [-0.2, -0.15) is 0 Å². The van der Waals surface area contributed by atoms with Crippen LogP contribution in [0.25, 0.3) is 11.1 Å². The lowest BCUT2D eigenvalue weighted by Gasteiger charge is -2.17. The number of methoxy groups -OCH3 is 1. The fraction of sp³-hybridized carbons (Fsp3) is 0.333. The topological polar surface area (TPSA) is 18.5 Å². The molecule has 1 aliphatic carbocycles. The molecule has 0 saturated heterocycles. The van der Waals surface area contributed by atoms with Crippen molar-refractivity contribution in [3.63, 3.8) is 0 Å². The summed E-state index contributed by atoms with van der Waals surface area (Å²) in [5.74, 6) is 1.17. The third-order valence-corrected chi connectivity index (χ3v) is 3.94. The molecule has 3 heteroatoms. The minimum Gasteiger partial charge on any atom is -0.493 e. The molecule has 1 fully saturated rings. The van der Waals surface area contributed by atoms with Crippen molar-refractivity contribution in [3.8, 4) is 22.6 Å². The van der Waals surface area contributed by atoms with E-state index in [0.717, 1.165) is 18.4 Å². The molecule has 1 saturated carbocycles. The van der Waals surface area contributed by atoms with E-state index in [1.807, 2.05) is 24.3 Å². The molecule has 0 heterocycles. The molecule has 0 radical (unpaired) electrons. The van der Waals surface area contributed by atoms with Gasteiger partial charge in [-0.1, -0.05) is 24.3 Å². The predicted molar refractivity (Wildman–Crippen MR) is 81.3 cm³/mol. The molecule has 0 aliphatic heterocycles. The molecule has 0 amide bonds. The van der Waals surface area contributed by atoms with Gasteiger partial charge < -0.3 is 9.47 Å². The minimum absolute atomic E-state index is 0.227. The lowest BCUT2D eigenvalue weighted by atomic mass is 10.0. The molecule has 21 heavy (non-hydrogen) atoms. The zero-order valence-corrected chi connectivity index (χ0v) is 12.1. The first-order chi connectivity index (χ1) is 10.3. The van der Waals surface area contributed by atoms with Crippen LogP contribution >= 0.6 is 0 Å². The number of hydrogen-bond acceptors (Lipinski definition) is 2. The summed E-state index contributed by atoms with van der Waals surface area (Å²) in [5, 5.41) is 0. The molecule has 1 aliphatic rings. The van der Waals surface area contributed by atoms with E-state index >= 15 is 0 Å². The summed E-state index contributed by atoms with van der Waals surface area (Å²) >= 11 is 0. The highest BCUT2D eigenvalue weighted by molar-refractivity contribution is 5.67. The van der Waals surface area contributed by atoms with Crippen molar-refractivity contribution in [1.29, 1.82) is 0 Å². The van der Waals surface area contributed by atoms with Crippen molar-refractivity contribution in [3.05, 3.63) is 48.3 Å². The Hall–Kier alpha value is -2.03. The Morgan fingerprint density at radius 3 is 2.48 bits per heavy atom. The van der Waals surface area contributed by atoms with E-state index in [0.29, 0.717) is 17.1 Å². The van der Waals surface area contributed by atoms with Gasteiger partial charge in [0.2, 0.25) is 0 Å². The molecule has 2 nitrogen and oxygen atoms in total. The average molecular weight is 286 g/mol. The quantitative estimate of drug-likeness (QED) is 0.802. The maximum atomic E-state index is 13.9. The maximum Gasteiger partial charge on any atom is 0.162 e. The first-order valence-electron chi connectivity index (χ1n) is 7.37. The van der Waals surface area contributed by atoms with Gasteiger partial charge >= 0.3 is 0 Å². The Morgan fingerprint density at radius 2 is 1.76 bits per heavy atom. The normalized spacial score (nSPS) is 15.1. The van der Waals surface area contributed by atoms with Crippen molar-refractivity contribution in [1.82, 2.24) is 0 Å².